The van der Waals surface area contributed by atoms with E-state index >= 15 is 0 Å². The summed E-state index contributed by atoms with van der Waals surface area (Å²) in [5.41, 5.74) is 2.99. The number of hydrogen-bond acceptors (Lipinski definition) is 4. The first-order valence-corrected chi connectivity index (χ1v) is 8.47. The Morgan fingerprint density at radius 1 is 1.35 bits per heavy atom. The van der Waals surface area contributed by atoms with Crippen molar-refractivity contribution in [1.29, 1.82) is 0 Å². The molecular weight excluding hydrogens is 330 g/mol. The van der Waals surface area contributed by atoms with E-state index in [9.17, 15) is 9.59 Å². The van der Waals surface area contributed by atoms with E-state index in [1.165, 1.54) is 6.07 Å². The Labute approximate surface area is 150 Å². The van der Waals surface area contributed by atoms with Crippen molar-refractivity contribution in [2.45, 2.75) is 19.3 Å². The van der Waals surface area contributed by atoms with E-state index in [4.69, 9.17) is 0 Å². The van der Waals surface area contributed by atoms with Gasteiger partial charge in [0.2, 0.25) is 5.91 Å². The smallest absolute Gasteiger partial charge is 0.251 e. The molecule has 0 radical (unpaired) electrons. The number of rotatable bonds is 4. The molecule has 7 nitrogen and oxygen atoms in total. The molecule has 1 fully saturated rings. The van der Waals surface area contributed by atoms with Gasteiger partial charge in [0, 0.05) is 42.2 Å². The van der Waals surface area contributed by atoms with E-state index in [1.54, 1.807) is 11.6 Å². The van der Waals surface area contributed by atoms with E-state index in [2.05, 4.69) is 20.4 Å². The number of amides is 1. The lowest BCUT2D eigenvalue weighted by Crippen LogP contribution is -2.14. The molecule has 0 saturated heterocycles. The van der Waals surface area contributed by atoms with Gasteiger partial charge in [0.1, 0.15) is 5.82 Å². The number of H-pyrrole nitrogens is 1. The molecule has 0 unspecified atom stereocenters. The fourth-order valence-corrected chi connectivity index (χ4v) is 3.18. The summed E-state index contributed by atoms with van der Waals surface area (Å²) in [6.07, 6.45) is 4.61. The number of anilines is 1. The Morgan fingerprint density at radius 3 is 2.92 bits per heavy atom. The van der Waals surface area contributed by atoms with Gasteiger partial charge in [0.05, 0.1) is 6.20 Å². The van der Waals surface area contributed by atoms with Gasteiger partial charge in [-0.25, -0.2) is 4.98 Å². The quantitative estimate of drug-likeness (QED) is 0.755. The number of aromatic amines is 1. The van der Waals surface area contributed by atoms with Crippen LogP contribution in [0.1, 0.15) is 23.6 Å². The molecule has 1 aliphatic rings. The van der Waals surface area contributed by atoms with Gasteiger partial charge >= 0.3 is 0 Å². The van der Waals surface area contributed by atoms with Gasteiger partial charge in [-0.05, 0) is 37.0 Å². The van der Waals surface area contributed by atoms with Crippen LogP contribution in [0.5, 0.6) is 0 Å². The lowest BCUT2D eigenvalue weighted by molar-refractivity contribution is -0.117. The lowest BCUT2D eigenvalue weighted by atomic mass is 10.1. The van der Waals surface area contributed by atoms with Crippen molar-refractivity contribution in [3.8, 4) is 11.4 Å². The zero-order valence-corrected chi connectivity index (χ0v) is 14.6. The van der Waals surface area contributed by atoms with Crippen molar-refractivity contribution < 1.29 is 4.79 Å². The second kappa shape index (κ2) is 6.25. The standard InChI is InChI=1S/C19H19N5O2/c1-11-6-17(25)23-18(21-11)12-4-3-5-14(7-12)22-19(26)16-8-15(16)13-9-20-24(2)10-13/h3-7,9-10,15-16H,8H2,1-2H3,(H,22,26)(H,21,23,25)/t15-,16+/m0/s1. The zero-order valence-electron chi connectivity index (χ0n) is 14.6. The predicted octanol–water partition coefficient (Wildman–Crippen LogP) is 2.22. The normalized spacial score (nSPS) is 18.5. The maximum Gasteiger partial charge on any atom is 0.251 e. The Bertz CT molecular complexity index is 1040. The first-order chi connectivity index (χ1) is 12.5. The summed E-state index contributed by atoms with van der Waals surface area (Å²) in [7, 11) is 1.87. The van der Waals surface area contributed by atoms with E-state index in [0.717, 1.165) is 17.5 Å². The highest BCUT2D eigenvalue weighted by Gasteiger charge is 2.44. The molecule has 1 aliphatic carbocycles. The summed E-state index contributed by atoms with van der Waals surface area (Å²) < 4.78 is 1.75. The molecule has 0 aliphatic heterocycles. The van der Waals surface area contributed by atoms with Crippen LogP contribution in [0.3, 0.4) is 0 Å². The van der Waals surface area contributed by atoms with Crippen LogP contribution in [0.2, 0.25) is 0 Å². The van der Waals surface area contributed by atoms with E-state index in [1.807, 2.05) is 43.7 Å². The minimum Gasteiger partial charge on any atom is -0.326 e. The summed E-state index contributed by atoms with van der Waals surface area (Å²) >= 11 is 0. The van der Waals surface area contributed by atoms with Gasteiger partial charge < -0.3 is 10.3 Å². The van der Waals surface area contributed by atoms with Gasteiger partial charge in [0.15, 0.2) is 0 Å². The Morgan fingerprint density at radius 2 is 2.19 bits per heavy atom. The molecule has 1 saturated carbocycles. The fraction of sp³-hybridized carbons (Fsp3) is 0.263. The Hall–Kier alpha value is -3.22. The molecule has 1 aromatic carbocycles. The average molecular weight is 349 g/mol. The van der Waals surface area contributed by atoms with Crippen molar-refractivity contribution in [1.82, 2.24) is 19.7 Å². The highest BCUT2D eigenvalue weighted by atomic mass is 16.2. The third-order valence-electron chi connectivity index (χ3n) is 4.55. The van der Waals surface area contributed by atoms with Gasteiger partial charge in [-0.2, -0.15) is 5.10 Å². The molecule has 0 bridgehead atoms. The first kappa shape index (κ1) is 16.3. The molecule has 26 heavy (non-hydrogen) atoms. The molecule has 2 N–H and O–H groups in total. The summed E-state index contributed by atoms with van der Waals surface area (Å²) in [5, 5.41) is 7.13. The van der Waals surface area contributed by atoms with Gasteiger partial charge in [-0.15, -0.1) is 0 Å². The van der Waals surface area contributed by atoms with Crippen LogP contribution in [0.4, 0.5) is 5.69 Å². The summed E-state index contributed by atoms with van der Waals surface area (Å²) in [6.45, 7) is 1.77. The molecule has 7 heteroatoms. The Kier molecular flexibility index (Phi) is 3.91. The zero-order chi connectivity index (χ0) is 18.3. The average Bonchev–Trinajstić information content (AvgIpc) is 3.29. The highest BCUT2D eigenvalue weighted by Crippen LogP contribution is 2.47. The van der Waals surface area contributed by atoms with E-state index in [0.29, 0.717) is 17.2 Å². The molecule has 3 aromatic rings. The van der Waals surface area contributed by atoms with Crippen molar-refractivity contribution in [3.63, 3.8) is 0 Å². The van der Waals surface area contributed by atoms with Crippen LogP contribution in [-0.2, 0) is 11.8 Å². The number of benzene rings is 1. The molecule has 2 heterocycles. The van der Waals surface area contributed by atoms with Crippen molar-refractivity contribution >= 4 is 11.6 Å². The Balaban J connectivity index is 1.49. The number of nitrogens with one attached hydrogen (secondary N) is 2. The van der Waals surface area contributed by atoms with Crippen molar-refractivity contribution in [3.05, 3.63) is 64.3 Å². The third-order valence-corrected chi connectivity index (χ3v) is 4.55. The maximum absolute atomic E-state index is 12.5. The molecule has 2 atom stereocenters. The monoisotopic (exact) mass is 349 g/mol. The van der Waals surface area contributed by atoms with Gasteiger partial charge in [-0.1, -0.05) is 12.1 Å². The van der Waals surface area contributed by atoms with Crippen LogP contribution in [0, 0.1) is 12.8 Å². The van der Waals surface area contributed by atoms with Gasteiger partial charge in [-0.3, -0.25) is 14.3 Å². The SMILES string of the molecule is Cc1cc(=O)[nH]c(-c2cccc(NC(=O)[C@@H]3C[C@H]3c3cnn(C)c3)c2)n1. The molecule has 1 amide bonds. The first-order valence-electron chi connectivity index (χ1n) is 8.47. The number of hydrogen-bond donors (Lipinski definition) is 2. The van der Waals surface area contributed by atoms with Gasteiger partial charge in [0.25, 0.3) is 5.56 Å². The summed E-state index contributed by atoms with van der Waals surface area (Å²) in [6, 6.07) is 8.77. The number of nitrogens with zero attached hydrogens (tertiary/aromatic N) is 3. The lowest BCUT2D eigenvalue weighted by Gasteiger charge is -2.07. The second-order valence-corrected chi connectivity index (χ2v) is 6.70. The molecule has 0 spiro atoms. The van der Waals surface area contributed by atoms with Crippen LogP contribution in [0.25, 0.3) is 11.4 Å². The van der Waals surface area contributed by atoms with Crippen molar-refractivity contribution in [2.24, 2.45) is 13.0 Å². The van der Waals surface area contributed by atoms with Crippen LogP contribution >= 0.6 is 0 Å². The summed E-state index contributed by atoms with van der Waals surface area (Å²) in [5.74, 6) is 0.703. The van der Waals surface area contributed by atoms with Crippen LogP contribution in [0.15, 0.2) is 47.5 Å². The molecule has 4 rings (SSSR count). The number of carbonyl (C=O) groups excluding carboxylic acids is 1. The van der Waals surface area contributed by atoms with E-state index in [-0.39, 0.29) is 23.3 Å². The maximum atomic E-state index is 12.5. The van der Waals surface area contributed by atoms with E-state index < -0.39 is 0 Å². The number of aromatic nitrogens is 4. The molecule has 2 aromatic heterocycles. The predicted molar refractivity (Wildman–Crippen MR) is 97.7 cm³/mol. The minimum absolute atomic E-state index is 0.00157. The molecule has 132 valence electrons. The fourth-order valence-electron chi connectivity index (χ4n) is 3.18. The molecular formula is C19H19N5O2. The van der Waals surface area contributed by atoms with Crippen molar-refractivity contribution in [2.75, 3.05) is 5.32 Å². The van der Waals surface area contributed by atoms with Crippen LogP contribution < -0.4 is 10.9 Å². The third kappa shape index (κ3) is 3.28. The summed E-state index contributed by atoms with van der Waals surface area (Å²) in [4.78, 5) is 31.2. The topological polar surface area (TPSA) is 92.7 Å². The largest absolute Gasteiger partial charge is 0.326 e. The second-order valence-electron chi connectivity index (χ2n) is 6.70. The minimum atomic E-state index is -0.195. The highest BCUT2D eigenvalue weighted by molar-refractivity contribution is 5.95. The van der Waals surface area contributed by atoms with Crippen LogP contribution in [-0.4, -0.2) is 25.7 Å². The number of carbonyl (C=O) groups is 1. The number of aryl methyl sites for hydroxylation is 2.